The quantitative estimate of drug-likeness (QED) is 0.377. The molecule has 0 radical (unpaired) electrons. The number of methoxy groups -OCH3 is 1. The van der Waals surface area contributed by atoms with Gasteiger partial charge in [-0.1, -0.05) is 26.2 Å². The zero-order valence-electron chi connectivity index (χ0n) is 9.36. The van der Waals surface area contributed by atoms with Crippen molar-refractivity contribution in [2.45, 2.75) is 38.7 Å². The largest absolute Gasteiger partial charge is 0.467 e. The smallest absolute Gasteiger partial charge is 0.336 e. The molecule has 90 valence electrons. The van der Waals surface area contributed by atoms with Crippen molar-refractivity contribution in [1.82, 2.24) is 0 Å². The molecule has 1 unspecified atom stereocenters. The minimum atomic E-state index is -3.62. The van der Waals surface area contributed by atoms with Crippen molar-refractivity contribution in [1.29, 1.82) is 0 Å². The van der Waals surface area contributed by atoms with E-state index in [1.54, 1.807) is 0 Å². The molecule has 0 rings (SSSR count). The maximum atomic E-state index is 11.2. The van der Waals surface area contributed by atoms with Gasteiger partial charge in [-0.15, -0.1) is 0 Å². The second-order valence-electron chi connectivity index (χ2n) is 3.31. The fourth-order valence-corrected chi connectivity index (χ4v) is 1.72. The van der Waals surface area contributed by atoms with Crippen molar-refractivity contribution >= 4 is 16.1 Å². The topological polar surface area (TPSA) is 69.7 Å². The molecule has 0 aliphatic rings. The highest BCUT2D eigenvalue weighted by Crippen LogP contribution is 2.10. The molecule has 0 saturated heterocycles. The predicted molar refractivity (Wildman–Crippen MR) is 55.9 cm³/mol. The van der Waals surface area contributed by atoms with Crippen LogP contribution < -0.4 is 0 Å². The van der Waals surface area contributed by atoms with Crippen LogP contribution in [0.1, 0.15) is 32.6 Å². The van der Waals surface area contributed by atoms with E-state index in [0.29, 0.717) is 6.42 Å². The number of hydrogen-bond acceptors (Lipinski definition) is 5. The Kier molecular flexibility index (Phi) is 6.51. The number of hydrogen-bond donors (Lipinski definition) is 0. The minimum Gasteiger partial charge on any atom is -0.467 e. The summed E-state index contributed by atoms with van der Waals surface area (Å²) in [6, 6.07) is 0. The lowest BCUT2D eigenvalue weighted by Gasteiger charge is -2.13. The highest BCUT2D eigenvalue weighted by atomic mass is 32.2. The molecule has 0 amide bonds. The standard InChI is InChI=1S/C9H18O5S/c1-4-5-6-7-8(9(10)13-2)14-15(3,11)12/h8H,4-7H2,1-3H3. The molecule has 0 heterocycles. The van der Waals surface area contributed by atoms with Gasteiger partial charge in [0.2, 0.25) is 0 Å². The van der Waals surface area contributed by atoms with E-state index in [1.165, 1.54) is 7.11 Å². The molecule has 5 nitrogen and oxygen atoms in total. The summed E-state index contributed by atoms with van der Waals surface area (Å²) in [6.45, 7) is 2.02. The van der Waals surface area contributed by atoms with Gasteiger partial charge in [-0.3, -0.25) is 4.18 Å². The van der Waals surface area contributed by atoms with Gasteiger partial charge in [0, 0.05) is 0 Å². The number of carbonyl (C=O) groups excluding carboxylic acids is 1. The number of ether oxygens (including phenoxy) is 1. The Morgan fingerprint density at radius 2 is 1.93 bits per heavy atom. The summed E-state index contributed by atoms with van der Waals surface area (Å²) in [5.74, 6) is -0.642. The van der Waals surface area contributed by atoms with Crippen molar-refractivity contribution in [3.8, 4) is 0 Å². The van der Waals surface area contributed by atoms with Crippen molar-refractivity contribution in [3.05, 3.63) is 0 Å². The van der Waals surface area contributed by atoms with Gasteiger partial charge in [-0.05, 0) is 6.42 Å². The summed E-state index contributed by atoms with van der Waals surface area (Å²) in [7, 11) is -2.41. The average Bonchev–Trinajstić information content (AvgIpc) is 2.13. The molecular weight excluding hydrogens is 220 g/mol. The van der Waals surface area contributed by atoms with Crippen LogP contribution in [0.4, 0.5) is 0 Å². The molecule has 15 heavy (non-hydrogen) atoms. The van der Waals surface area contributed by atoms with Crippen LogP contribution in [0.5, 0.6) is 0 Å². The zero-order chi connectivity index (χ0) is 11.9. The van der Waals surface area contributed by atoms with Crippen LogP contribution in [-0.2, 0) is 23.8 Å². The first-order valence-corrected chi connectivity index (χ1v) is 6.68. The van der Waals surface area contributed by atoms with Gasteiger partial charge in [-0.2, -0.15) is 8.42 Å². The second-order valence-corrected chi connectivity index (χ2v) is 4.91. The third-order valence-electron chi connectivity index (χ3n) is 1.82. The summed E-state index contributed by atoms with van der Waals surface area (Å²) in [6.07, 6.45) is 2.95. The van der Waals surface area contributed by atoms with E-state index in [1.807, 2.05) is 6.92 Å². The van der Waals surface area contributed by atoms with Crippen molar-refractivity contribution in [2.24, 2.45) is 0 Å². The molecule has 0 N–H and O–H groups in total. The molecule has 0 aromatic rings. The van der Waals surface area contributed by atoms with E-state index < -0.39 is 22.2 Å². The molecule has 0 fully saturated rings. The first-order valence-electron chi connectivity index (χ1n) is 4.86. The molecule has 6 heteroatoms. The molecule has 0 bridgehead atoms. The Hall–Kier alpha value is -0.620. The van der Waals surface area contributed by atoms with Gasteiger partial charge in [0.1, 0.15) is 0 Å². The average molecular weight is 238 g/mol. The summed E-state index contributed by atoms with van der Waals surface area (Å²) in [5, 5.41) is 0. The Labute approximate surface area is 90.9 Å². The van der Waals surface area contributed by atoms with E-state index in [9.17, 15) is 13.2 Å². The molecule has 0 aliphatic carbocycles. The molecular formula is C9H18O5S. The lowest BCUT2D eigenvalue weighted by atomic mass is 10.1. The number of rotatable bonds is 7. The normalized spacial score (nSPS) is 13.5. The van der Waals surface area contributed by atoms with E-state index in [-0.39, 0.29) is 0 Å². The molecule has 0 aromatic heterocycles. The number of esters is 1. The highest BCUT2D eigenvalue weighted by molar-refractivity contribution is 7.86. The van der Waals surface area contributed by atoms with Crippen LogP contribution in [0.15, 0.2) is 0 Å². The minimum absolute atomic E-state index is 0.369. The Morgan fingerprint density at radius 3 is 2.33 bits per heavy atom. The Morgan fingerprint density at radius 1 is 1.33 bits per heavy atom. The van der Waals surface area contributed by atoms with E-state index in [2.05, 4.69) is 8.92 Å². The maximum Gasteiger partial charge on any atom is 0.336 e. The zero-order valence-corrected chi connectivity index (χ0v) is 10.2. The monoisotopic (exact) mass is 238 g/mol. The van der Waals surface area contributed by atoms with Crippen molar-refractivity contribution < 1.29 is 22.1 Å². The van der Waals surface area contributed by atoms with Crippen LogP contribution in [0.3, 0.4) is 0 Å². The van der Waals surface area contributed by atoms with E-state index in [4.69, 9.17) is 0 Å². The summed E-state index contributed by atoms with van der Waals surface area (Å²) in [5.41, 5.74) is 0. The molecule has 0 spiro atoms. The molecule has 0 saturated carbocycles. The Bertz CT molecular complexity index is 283. The lowest BCUT2D eigenvalue weighted by Crippen LogP contribution is -2.28. The SMILES string of the molecule is CCCCCC(OS(C)(=O)=O)C(=O)OC. The fraction of sp³-hybridized carbons (Fsp3) is 0.889. The van der Waals surface area contributed by atoms with Crippen molar-refractivity contribution in [2.75, 3.05) is 13.4 Å². The van der Waals surface area contributed by atoms with Crippen LogP contribution in [-0.4, -0.2) is 33.9 Å². The molecule has 1 atom stereocenters. The third-order valence-corrected chi connectivity index (χ3v) is 2.41. The second kappa shape index (κ2) is 6.79. The van der Waals surface area contributed by atoms with Gasteiger partial charge < -0.3 is 4.74 Å². The van der Waals surface area contributed by atoms with E-state index in [0.717, 1.165) is 25.5 Å². The van der Waals surface area contributed by atoms with Gasteiger partial charge in [-0.25, -0.2) is 4.79 Å². The summed E-state index contributed by atoms with van der Waals surface area (Å²) in [4.78, 5) is 11.2. The van der Waals surface area contributed by atoms with Gasteiger partial charge in [0.25, 0.3) is 10.1 Å². The van der Waals surface area contributed by atoms with Crippen LogP contribution in [0, 0.1) is 0 Å². The first-order chi connectivity index (χ1) is 6.90. The summed E-state index contributed by atoms with van der Waals surface area (Å²) < 4.78 is 30.8. The Balaban J connectivity index is 4.26. The summed E-state index contributed by atoms with van der Waals surface area (Å²) >= 11 is 0. The van der Waals surface area contributed by atoms with Gasteiger partial charge >= 0.3 is 5.97 Å². The van der Waals surface area contributed by atoms with Crippen molar-refractivity contribution in [3.63, 3.8) is 0 Å². The first kappa shape index (κ1) is 14.4. The van der Waals surface area contributed by atoms with Crippen LogP contribution in [0.25, 0.3) is 0 Å². The molecule has 0 aromatic carbocycles. The highest BCUT2D eigenvalue weighted by Gasteiger charge is 2.23. The van der Waals surface area contributed by atoms with Crippen LogP contribution in [0.2, 0.25) is 0 Å². The molecule has 0 aliphatic heterocycles. The number of unbranched alkanes of at least 4 members (excludes halogenated alkanes) is 2. The third kappa shape index (κ3) is 7.33. The van der Waals surface area contributed by atoms with Crippen LogP contribution >= 0.6 is 0 Å². The number of carbonyl (C=O) groups is 1. The van der Waals surface area contributed by atoms with Gasteiger partial charge in [0.15, 0.2) is 6.10 Å². The predicted octanol–water partition coefficient (Wildman–Crippen LogP) is 1.08. The maximum absolute atomic E-state index is 11.2. The lowest BCUT2D eigenvalue weighted by molar-refractivity contribution is -0.149. The fourth-order valence-electron chi connectivity index (χ4n) is 1.13. The van der Waals surface area contributed by atoms with Gasteiger partial charge in [0.05, 0.1) is 13.4 Å². The van der Waals surface area contributed by atoms with E-state index >= 15 is 0 Å².